The zero-order valence-corrected chi connectivity index (χ0v) is 12.1. The molecule has 2 rings (SSSR count). The van der Waals surface area contributed by atoms with E-state index in [0.717, 1.165) is 31.2 Å². The van der Waals surface area contributed by atoms with Crippen LogP contribution in [0.15, 0.2) is 0 Å². The van der Waals surface area contributed by atoms with Crippen LogP contribution in [-0.4, -0.2) is 46.5 Å². The molecule has 2 heterocycles. The average molecular weight is 264 g/mol. The lowest BCUT2D eigenvalue weighted by molar-refractivity contribution is 0.0935. The number of aryl methyl sites for hydroxylation is 2. The van der Waals surface area contributed by atoms with E-state index in [1.54, 1.807) is 0 Å². The summed E-state index contributed by atoms with van der Waals surface area (Å²) in [7, 11) is 0. The molecule has 0 bridgehead atoms. The Bertz CT molecular complexity index is 441. The third-order valence-electron chi connectivity index (χ3n) is 3.73. The van der Waals surface area contributed by atoms with E-state index in [0.29, 0.717) is 11.7 Å². The molecule has 0 spiro atoms. The topological polar surface area (TPSA) is 61.0 Å². The van der Waals surface area contributed by atoms with E-state index >= 15 is 0 Å². The fraction of sp³-hybridized carbons (Fsp3) is 0.714. The Morgan fingerprint density at radius 2 is 2.32 bits per heavy atom. The number of hydrogen-bond acceptors (Lipinski definition) is 3. The Labute approximate surface area is 114 Å². The summed E-state index contributed by atoms with van der Waals surface area (Å²) >= 11 is 0. The van der Waals surface area contributed by atoms with Gasteiger partial charge in [-0.1, -0.05) is 6.92 Å². The van der Waals surface area contributed by atoms with Crippen molar-refractivity contribution in [1.82, 2.24) is 20.2 Å². The van der Waals surface area contributed by atoms with Crippen LogP contribution in [0.25, 0.3) is 0 Å². The third kappa shape index (κ3) is 3.35. The first kappa shape index (κ1) is 14.1. The molecule has 0 saturated carbocycles. The standard InChI is InChI=1S/C14H24N4O/c1-4-7-18-8-5-6-12(18)9-15-14(19)13-10(2)16-11(3)17-13/h12H,4-9H2,1-3H3,(H,15,19)(H,16,17)/t12-/m0/s1. The molecular formula is C14H24N4O. The summed E-state index contributed by atoms with van der Waals surface area (Å²) in [4.78, 5) is 21.9. The van der Waals surface area contributed by atoms with Crippen LogP contribution in [0, 0.1) is 13.8 Å². The maximum absolute atomic E-state index is 12.1. The second-order valence-electron chi connectivity index (χ2n) is 5.34. The zero-order valence-electron chi connectivity index (χ0n) is 12.1. The first-order valence-electron chi connectivity index (χ1n) is 7.17. The third-order valence-corrected chi connectivity index (χ3v) is 3.73. The van der Waals surface area contributed by atoms with Crippen LogP contribution in [0.4, 0.5) is 0 Å². The molecule has 1 aliphatic rings. The van der Waals surface area contributed by atoms with E-state index in [1.807, 2.05) is 13.8 Å². The molecule has 106 valence electrons. The van der Waals surface area contributed by atoms with Crippen LogP contribution in [0.1, 0.15) is 48.2 Å². The summed E-state index contributed by atoms with van der Waals surface area (Å²) in [6.45, 7) is 8.96. The van der Waals surface area contributed by atoms with Gasteiger partial charge in [0.25, 0.3) is 5.91 Å². The normalized spacial score (nSPS) is 19.8. The Morgan fingerprint density at radius 3 is 2.95 bits per heavy atom. The number of imidazole rings is 1. The van der Waals surface area contributed by atoms with Crippen molar-refractivity contribution in [2.45, 2.75) is 46.1 Å². The molecule has 0 radical (unpaired) electrons. The minimum atomic E-state index is -0.0646. The van der Waals surface area contributed by atoms with Gasteiger partial charge in [0.2, 0.25) is 0 Å². The number of nitrogens with one attached hydrogen (secondary N) is 2. The number of rotatable bonds is 5. The van der Waals surface area contributed by atoms with Crippen molar-refractivity contribution in [2.24, 2.45) is 0 Å². The minimum absolute atomic E-state index is 0.0646. The number of amides is 1. The van der Waals surface area contributed by atoms with E-state index in [4.69, 9.17) is 0 Å². The second kappa shape index (κ2) is 6.19. The van der Waals surface area contributed by atoms with Gasteiger partial charge in [0.1, 0.15) is 11.5 Å². The molecule has 0 aromatic carbocycles. The van der Waals surface area contributed by atoms with E-state index < -0.39 is 0 Å². The van der Waals surface area contributed by atoms with Crippen LogP contribution < -0.4 is 5.32 Å². The van der Waals surface area contributed by atoms with Gasteiger partial charge in [-0.3, -0.25) is 9.69 Å². The van der Waals surface area contributed by atoms with Crippen LogP contribution in [0.3, 0.4) is 0 Å². The molecule has 1 atom stereocenters. The average Bonchev–Trinajstić information content (AvgIpc) is 2.93. The lowest BCUT2D eigenvalue weighted by Crippen LogP contribution is -2.40. The van der Waals surface area contributed by atoms with Gasteiger partial charge in [-0.05, 0) is 46.2 Å². The molecule has 1 aromatic rings. The highest BCUT2D eigenvalue weighted by atomic mass is 16.1. The molecule has 19 heavy (non-hydrogen) atoms. The maximum atomic E-state index is 12.1. The molecule has 5 heteroatoms. The number of carbonyl (C=O) groups is 1. The van der Waals surface area contributed by atoms with Gasteiger partial charge in [0, 0.05) is 18.3 Å². The van der Waals surface area contributed by atoms with Crippen molar-refractivity contribution < 1.29 is 4.79 Å². The van der Waals surface area contributed by atoms with Crippen LogP contribution in [-0.2, 0) is 0 Å². The summed E-state index contributed by atoms with van der Waals surface area (Å²) in [5, 5.41) is 3.02. The van der Waals surface area contributed by atoms with Crippen LogP contribution in [0.2, 0.25) is 0 Å². The lowest BCUT2D eigenvalue weighted by atomic mass is 10.2. The first-order chi connectivity index (χ1) is 9.11. The molecule has 1 aromatic heterocycles. The summed E-state index contributed by atoms with van der Waals surface area (Å²) < 4.78 is 0. The van der Waals surface area contributed by atoms with Gasteiger partial charge >= 0.3 is 0 Å². The van der Waals surface area contributed by atoms with Crippen molar-refractivity contribution in [3.63, 3.8) is 0 Å². The van der Waals surface area contributed by atoms with Crippen molar-refractivity contribution in [3.05, 3.63) is 17.2 Å². The quantitative estimate of drug-likeness (QED) is 0.849. The highest BCUT2D eigenvalue weighted by Gasteiger charge is 2.24. The number of nitrogens with zero attached hydrogens (tertiary/aromatic N) is 2. The van der Waals surface area contributed by atoms with E-state index in [9.17, 15) is 4.79 Å². The summed E-state index contributed by atoms with van der Waals surface area (Å²) in [6, 6.07) is 0.490. The van der Waals surface area contributed by atoms with Crippen LogP contribution >= 0.6 is 0 Å². The maximum Gasteiger partial charge on any atom is 0.271 e. The minimum Gasteiger partial charge on any atom is -0.349 e. The Kier molecular flexibility index (Phi) is 4.58. The van der Waals surface area contributed by atoms with Crippen LogP contribution in [0.5, 0.6) is 0 Å². The molecule has 1 aliphatic heterocycles. The Hall–Kier alpha value is -1.36. The fourth-order valence-electron chi connectivity index (χ4n) is 2.83. The van der Waals surface area contributed by atoms with Gasteiger partial charge in [-0.2, -0.15) is 0 Å². The van der Waals surface area contributed by atoms with Gasteiger partial charge in [-0.15, -0.1) is 0 Å². The van der Waals surface area contributed by atoms with E-state index in [2.05, 4.69) is 27.1 Å². The number of likely N-dealkylation sites (tertiary alicyclic amines) is 1. The van der Waals surface area contributed by atoms with Gasteiger partial charge in [0.05, 0.1) is 0 Å². The zero-order chi connectivity index (χ0) is 13.8. The van der Waals surface area contributed by atoms with Crippen molar-refractivity contribution in [2.75, 3.05) is 19.6 Å². The van der Waals surface area contributed by atoms with Crippen molar-refractivity contribution >= 4 is 5.91 Å². The summed E-state index contributed by atoms with van der Waals surface area (Å²) in [6.07, 6.45) is 3.59. The largest absolute Gasteiger partial charge is 0.349 e. The molecule has 1 amide bonds. The first-order valence-corrected chi connectivity index (χ1v) is 7.17. The summed E-state index contributed by atoms with van der Waals surface area (Å²) in [5.74, 6) is 0.723. The molecule has 2 N–H and O–H groups in total. The van der Waals surface area contributed by atoms with Gasteiger partial charge in [-0.25, -0.2) is 4.98 Å². The fourth-order valence-corrected chi connectivity index (χ4v) is 2.83. The number of aromatic nitrogens is 2. The predicted molar refractivity (Wildman–Crippen MR) is 75.3 cm³/mol. The van der Waals surface area contributed by atoms with Gasteiger partial charge < -0.3 is 10.3 Å². The highest BCUT2D eigenvalue weighted by Crippen LogP contribution is 2.16. The predicted octanol–water partition coefficient (Wildman–Crippen LogP) is 1.63. The summed E-state index contributed by atoms with van der Waals surface area (Å²) in [5.41, 5.74) is 1.37. The highest BCUT2D eigenvalue weighted by molar-refractivity contribution is 5.93. The molecule has 0 unspecified atom stereocenters. The molecular weight excluding hydrogens is 240 g/mol. The Balaban J connectivity index is 1.88. The molecule has 5 nitrogen and oxygen atoms in total. The van der Waals surface area contributed by atoms with Gasteiger partial charge in [0.15, 0.2) is 0 Å². The molecule has 1 saturated heterocycles. The smallest absolute Gasteiger partial charge is 0.271 e. The Morgan fingerprint density at radius 1 is 1.53 bits per heavy atom. The molecule has 0 aliphatic carbocycles. The van der Waals surface area contributed by atoms with Crippen molar-refractivity contribution in [3.8, 4) is 0 Å². The van der Waals surface area contributed by atoms with E-state index in [-0.39, 0.29) is 5.91 Å². The SMILES string of the molecule is CCCN1CCC[C@H]1CNC(=O)c1nc(C)[nH]c1C. The molecule has 1 fully saturated rings. The lowest BCUT2D eigenvalue weighted by Gasteiger charge is -2.23. The number of carbonyl (C=O) groups excluding carboxylic acids is 1. The number of aromatic amines is 1. The number of H-pyrrole nitrogens is 1. The monoisotopic (exact) mass is 264 g/mol. The van der Waals surface area contributed by atoms with Crippen molar-refractivity contribution in [1.29, 1.82) is 0 Å². The number of hydrogen-bond donors (Lipinski definition) is 2. The van der Waals surface area contributed by atoms with E-state index in [1.165, 1.54) is 19.3 Å². The second-order valence-corrected chi connectivity index (χ2v) is 5.34.